The van der Waals surface area contributed by atoms with E-state index in [-0.39, 0.29) is 0 Å². The Balaban J connectivity index is 2.23. The highest BCUT2D eigenvalue weighted by atomic mass is 32.1. The van der Waals surface area contributed by atoms with E-state index >= 15 is 0 Å². The first-order valence-corrected chi connectivity index (χ1v) is 5.95. The van der Waals surface area contributed by atoms with Crippen molar-refractivity contribution in [1.82, 2.24) is 4.98 Å². The van der Waals surface area contributed by atoms with Crippen LogP contribution in [0.4, 0.5) is 16.5 Å². The molecule has 0 saturated carbocycles. The van der Waals surface area contributed by atoms with Crippen LogP contribution in [0.2, 0.25) is 0 Å². The summed E-state index contributed by atoms with van der Waals surface area (Å²) in [5.41, 5.74) is 9.78. The van der Waals surface area contributed by atoms with E-state index in [0.717, 1.165) is 27.8 Å². The third-order valence-electron chi connectivity index (χ3n) is 2.55. The van der Waals surface area contributed by atoms with Crippen molar-refractivity contribution in [2.45, 2.75) is 20.8 Å². The van der Waals surface area contributed by atoms with Gasteiger partial charge in [-0.1, -0.05) is 0 Å². The predicted octanol–water partition coefficient (Wildman–Crippen LogP) is 3.39. The van der Waals surface area contributed by atoms with E-state index in [9.17, 15) is 0 Å². The van der Waals surface area contributed by atoms with E-state index < -0.39 is 0 Å². The van der Waals surface area contributed by atoms with Gasteiger partial charge in [-0.05, 0) is 44.5 Å². The van der Waals surface area contributed by atoms with E-state index in [4.69, 9.17) is 5.73 Å². The molecule has 4 heteroatoms. The third-order valence-corrected chi connectivity index (χ3v) is 3.54. The lowest BCUT2D eigenvalue weighted by Crippen LogP contribution is -1.93. The van der Waals surface area contributed by atoms with Crippen molar-refractivity contribution in [3.63, 3.8) is 0 Å². The Morgan fingerprint density at radius 3 is 2.56 bits per heavy atom. The van der Waals surface area contributed by atoms with Crippen LogP contribution in [-0.4, -0.2) is 4.98 Å². The first-order chi connectivity index (χ1) is 7.56. The van der Waals surface area contributed by atoms with Crippen molar-refractivity contribution in [3.05, 3.63) is 34.3 Å². The van der Waals surface area contributed by atoms with Crippen molar-refractivity contribution >= 4 is 27.8 Å². The fourth-order valence-corrected chi connectivity index (χ4v) is 2.24. The van der Waals surface area contributed by atoms with Crippen LogP contribution in [0.1, 0.15) is 16.1 Å². The standard InChI is InChI=1S/C12H15N3S/c1-7-6-10(4-5-11(7)13)15-12-14-8(2)9(3)16-12/h4-6H,13H2,1-3H3,(H,14,15). The molecule has 16 heavy (non-hydrogen) atoms. The van der Waals surface area contributed by atoms with Gasteiger partial charge in [0.2, 0.25) is 0 Å². The molecule has 0 fully saturated rings. The van der Waals surface area contributed by atoms with Gasteiger partial charge in [0.1, 0.15) is 0 Å². The fourth-order valence-electron chi connectivity index (χ4n) is 1.40. The number of nitrogens with one attached hydrogen (secondary N) is 1. The lowest BCUT2D eigenvalue weighted by Gasteiger charge is -2.05. The van der Waals surface area contributed by atoms with Gasteiger partial charge in [-0.3, -0.25) is 0 Å². The first kappa shape index (κ1) is 11.0. The summed E-state index contributed by atoms with van der Waals surface area (Å²) in [4.78, 5) is 5.68. The zero-order valence-electron chi connectivity index (χ0n) is 9.66. The highest BCUT2D eigenvalue weighted by molar-refractivity contribution is 7.15. The van der Waals surface area contributed by atoms with E-state index in [2.05, 4.69) is 17.2 Å². The van der Waals surface area contributed by atoms with E-state index in [1.807, 2.05) is 32.0 Å². The van der Waals surface area contributed by atoms with Gasteiger partial charge in [-0.15, -0.1) is 11.3 Å². The summed E-state index contributed by atoms with van der Waals surface area (Å²) in [6.45, 7) is 6.09. The topological polar surface area (TPSA) is 50.9 Å². The maximum atomic E-state index is 5.77. The summed E-state index contributed by atoms with van der Waals surface area (Å²) in [7, 11) is 0. The summed E-state index contributed by atoms with van der Waals surface area (Å²) in [5.74, 6) is 0. The van der Waals surface area contributed by atoms with Gasteiger partial charge < -0.3 is 11.1 Å². The quantitative estimate of drug-likeness (QED) is 0.782. The minimum atomic E-state index is 0.817. The number of nitrogen functional groups attached to an aromatic ring is 1. The monoisotopic (exact) mass is 233 g/mol. The largest absolute Gasteiger partial charge is 0.399 e. The van der Waals surface area contributed by atoms with Crippen molar-refractivity contribution in [2.24, 2.45) is 0 Å². The normalized spacial score (nSPS) is 10.4. The number of rotatable bonds is 2. The Labute approximate surface area is 99.3 Å². The molecule has 1 aromatic heterocycles. The maximum absolute atomic E-state index is 5.77. The minimum absolute atomic E-state index is 0.817. The average Bonchev–Trinajstić information content (AvgIpc) is 2.52. The number of aromatic nitrogens is 1. The van der Waals surface area contributed by atoms with Crippen LogP contribution in [0.25, 0.3) is 0 Å². The minimum Gasteiger partial charge on any atom is -0.399 e. The van der Waals surface area contributed by atoms with Crippen molar-refractivity contribution in [1.29, 1.82) is 0 Å². The van der Waals surface area contributed by atoms with E-state index in [0.29, 0.717) is 0 Å². The third kappa shape index (κ3) is 2.17. The molecule has 3 N–H and O–H groups in total. The number of hydrogen-bond acceptors (Lipinski definition) is 4. The Kier molecular flexibility index (Phi) is 2.83. The van der Waals surface area contributed by atoms with Crippen LogP contribution in [0.15, 0.2) is 18.2 Å². The molecule has 0 unspecified atom stereocenters. The Morgan fingerprint density at radius 2 is 2.00 bits per heavy atom. The Bertz CT molecular complexity index is 497. The zero-order chi connectivity index (χ0) is 11.7. The van der Waals surface area contributed by atoms with Crippen LogP contribution in [0, 0.1) is 20.8 Å². The molecule has 3 nitrogen and oxygen atoms in total. The molecule has 2 aromatic rings. The second-order valence-corrected chi connectivity index (χ2v) is 5.06. The Morgan fingerprint density at radius 1 is 1.25 bits per heavy atom. The summed E-state index contributed by atoms with van der Waals surface area (Å²) in [6.07, 6.45) is 0. The number of hydrogen-bond donors (Lipinski definition) is 2. The molecule has 0 bridgehead atoms. The Hall–Kier alpha value is -1.55. The lowest BCUT2D eigenvalue weighted by atomic mass is 10.2. The predicted molar refractivity (Wildman–Crippen MR) is 70.5 cm³/mol. The smallest absolute Gasteiger partial charge is 0.187 e. The molecular formula is C12H15N3S. The van der Waals surface area contributed by atoms with Gasteiger partial charge >= 0.3 is 0 Å². The number of nitrogens with two attached hydrogens (primary N) is 1. The molecule has 0 atom stereocenters. The second kappa shape index (κ2) is 4.14. The molecular weight excluding hydrogens is 218 g/mol. The van der Waals surface area contributed by atoms with Gasteiger partial charge in [-0.25, -0.2) is 4.98 Å². The molecule has 0 spiro atoms. The highest BCUT2D eigenvalue weighted by Gasteiger charge is 2.04. The van der Waals surface area contributed by atoms with Crippen LogP contribution >= 0.6 is 11.3 Å². The lowest BCUT2D eigenvalue weighted by molar-refractivity contribution is 1.23. The molecule has 0 radical (unpaired) electrons. The second-order valence-electron chi connectivity index (χ2n) is 3.86. The van der Waals surface area contributed by atoms with Gasteiger partial charge in [0.05, 0.1) is 5.69 Å². The van der Waals surface area contributed by atoms with Crippen molar-refractivity contribution in [3.8, 4) is 0 Å². The van der Waals surface area contributed by atoms with Gasteiger partial charge in [0, 0.05) is 16.3 Å². The van der Waals surface area contributed by atoms with Crippen LogP contribution in [0.3, 0.4) is 0 Å². The summed E-state index contributed by atoms with van der Waals surface area (Å²) in [6, 6.07) is 5.90. The van der Waals surface area contributed by atoms with Crippen molar-refractivity contribution < 1.29 is 0 Å². The van der Waals surface area contributed by atoms with Gasteiger partial charge in [-0.2, -0.15) is 0 Å². The zero-order valence-corrected chi connectivity index (χ0v) is 10.5. The molecule has 84 valence electrons. The molecule has 1 aromatic carbocycles. The number of benzene rings is 1. The number of thiazole rings is 1. The first-order valence-electron chi connectivity index (χ1n) is 5.13. The summed E-state index contributed by atoms with van der Waals surface area (Å²) < 4.78 is 0. The molecule has 0 saturated heterocycles. The van der Waals surface area contributed by atoms with Crippen LogP contribution in [-0.2, 0) is 0 Å². The molecule has 1 heterocycles. The van der Waals surface area contributed by atoms with E-state index in [1.165, 1.54) is 4.88 Å². The number of nitrogens with zero attached hydrogens (tertiary/aromatic N) is 1. The van der Waals surface area contributed by atoms with Crippen molar-refractivity contribution in [2.75, 3.05) is 11.1 Å². The fraction of sp³-hybridized carbons (Fsp3) is 0.250. The summed E-state index contributed by atoms with van der Waals surface area (Å²) >= 11 is 1.67. The SMILES string of the molecule is Cc1cc(Nc2nc(C)c(C)s2)ccc1N. The molecule has 0 aliphatic carbocycles. The number of anilines is 3. The summed E-state index contributed by atoms with van der Waals surface area (Å²) in [5, 5.41) is 4.22. The van der Waals surface area contributed by atoms with Crippen LogP contribution < -0.4 is 11.1 Å². The van der Waals surface area contributed by atoms with Crippen LogP contribution in [0.5, 0.6) is 0 Å². The van der Waals surface area contributed by atoms with Gasteiger partial charge in [0.25, 0.3) is 0 Å². The van der Waals surface area contributed by atoms with Gasteiger partial charge in [0.15, 0.2) is 5.13 Å². The molecule has 2 rings (SSSR count). The maximum Gasteiger partial charge on any atom is 0.187 e. The number of aryl methyl sites for hydroxylation is 3. The molecule has 0 aliphatic heterocycles. The average molecular weight is 233 g/mol. The van der Waals surface area contributed by atoms with E-state index in [1.54, 1.807) is 11.3 Å². The highest BCUT2D eigenvalue weighted by Crippen LogP contribution is 2.26. The molecule has 0 amide bonds. The molecule has 0 aliphatic rings.